The first-order valence-electron chi connectivity index (χ1n) is 5.89. The number of hydrogen-bond donors (Lipinski definition) is 0. The van der Waals surface area contributed by atoms with Crippen LogP contribution in [0.3, 0.4) is 0 Å². The van der Waals surface area contributed by atoms with E-state index in [2.05, 4.69) is 4.98 Å². The Bertz CT molecular complexity index is 528. The summed E-state index contributed by atoms with van der Waals surface area (Å²) in [5.74, 6) is -0.0203. The first kappa shape index (κ1) is 12.1. The third kappa shape index (κ3) is 2.33. The second kappa shape index (κ2) is 5.33. The number of carbonyl (C=O) groups excluding carboxylic acids is 1. The lowest BCUT2D eigenvalue weighted by Gasteiger charge is -2.26. The van der Waals surface area contributed by atoms with Gasteiger partial charge in [-0.25, -0.2) is 4.98 Å². The van der Waals surface area contributed by atoms with Crippen molar-refractivity contribution in [2.75, 3.05) is 13.1 Å². The van der Waals surface area contributed by atoms with Crippen LogP contribution in [0.15, 0.2) is 6.33 Å². The molecular formula is C12H13N5O. The van der Waals surface area contributed by atoms with Crippen molar-refractivity contribution in [2.45, 2.75) is 25.8 Å². The summed E-state index contributed by atoms with van der Waals surface area (Å²) < 4.78 is 1.44. The fourth-order valence-electron chi connectivity index (χ4n) is 2.09. The molecule has 0 atom stereocenters. The maximum atomic E-state index is 12.0. The van der Waals surface area contributed by atoms with E-state index in [9.17, 15) is 4.79 Å². The minimum atomic E-state index is -0.0203. The van der Waals surface area contributed by atoms with Gasteiger partial charge in [-0.1, -0.05) is 0 Å². The average Bonchev–Trinajstić information content (AvgIpc) is 2.81. The highest BCUT2D eigenvalue weighted by Crippen LogP contribution is 2.11. The average molecular weight is 243 g/mol. The van der Waals surface area contributed by atoms with Crippen molar-refractivity contribution < 1.29 is 4.79 Å². The lowest BCUT2D eigenvalue weighted by Crippen LogP contribution is -2.37. The van der Waals surface area contributed by atoms with Gasteiger partial charge in [-0.2, -0.15) is 10.5 Å². The molecule has 1 saturated heterocycles. The van der Waals surface area contributed by atoms with Gasteiger partial charge in [-0.05, 0) is 19.3 Å². The van der Waals surface area contributed by atoms with Crippen molar-refractivity contribution in [3.8, 4) is 12.1 Å². The molecule has 1 aromatic rings. The zero-order valence-corrected chi connectivity index (χ0v) is 9.96. The summed E-state index contributed by atoms with van der Waals surface area (Å²) in [4.78, 5) is 17.6. The van der Waals surface area contributed by atoms with Crippen molar-refractivity contribution >= 4 is 5.91 Å². The highest BCUT2D eigenvalue weighted by atomic mass is 16.2. The predicted molar refractivity (Wildman–Crippen MR) is 62.1 cm³/mol. The molecule has 1 aliphatic heterocycles. The summed E-state index contributed by atoms with van der Waals surface area (Å²) in [6.07, 6.45) is 4.60. The Hall–Kier alpha value is -2.34. The highest BCUT2D eigenvalue weighted by molar-refractivity contribution is 5.76. The largest absolute Gasteiger partial charge is 0.341 e. The topological polar surface area (TPSA) is 85.7 Å². The van der Waals surface area contributed by atoms with E-state index in [1.165, 1.54) is 10.9 Å². The van der Waals surface area contributed by atoms with Gasteiger partial charge < -0.3 is 9.47 Å². The van der Waals surface area contributed by atoms with Gasteiger partial charge >= 0.3 is 0 Å². The molecule has 92 valence electrons. The maximum Gasteiger partial charge on any atom is 0.242 e. The molecule has 0 aliphatic carbocycles. The van der Waals surface area contributed by atoms with Gasteiger partial charge in [-0.15, -0.1) is 0 Å². The number of amides is 1. The Balaban J connectivity index is 2.10. The molecule has 1 amide bonds. The van der Waals surface area contributed by atoms with Crippen molar-refractivity contribution in [3.05, 3.63) is 17.7 Å². The van der Waals surface area contributed by atoms with Gasteiger partial charge in [0, 0.05) is 13.1 Å². The van der Waals surface area contributed by atoms with Crippen molar-refractivity contribution in [1.82, 2.24) is 14.5 Å². The number of nitriles is 2. The molecular weight excluding hydrogens is 230 g/mol. The van der Waals surface area contributed by atoms with Crippen molar-refractivity contribution in [3.63, 3.8) is 0 Å². The third-order valence-electron chi connectivity index (χ3n) is 3.06. The zero-order valence-electron chi connectivity index (χ0n) is 9.96. The van der Waals surface area contributed by atoms with Gasteiger partial charge in [0.1, 0.15) is 18.7 Å². The SMILES string of the molecule is N#Cc1ncn(CC(=O)N2CCCCC2)c1C#N. The zero-order chi connectivity index (χ0) is 13.0. The van der Waals surface area contributed by atoms with E-state index in [1.807, 2.05) is 12.1 Å². The number of hydrogen-bond acceptors (Lipinski definition) is 4. The standard InChI is InChI=1S/C12H13N5O/c13-6-10-11(7-14)17(9-15-10)8-12(18)16-4-2-1-3-5-16/h9H,1-5,8H2. The Kier molecular flexibility index (Phi) is 3.59. The number of imidazole rings is 1. The van der Waals surface area contributed by atoms with E-state index in [1.54, 1.807) is 4.90 Å². The molecule has 0 bridgehead atoms. The van der Waals surface area contributed by atoms with Crippen LogP contribution in [0.4, 0.5) is 0 Å². The second-order valence-electron chi connectivity index (χ2n) is 4.23. The number of likely N-dealkylation sites (tertiary alicyclic amines) is 1. The quantitative estimate of drug-likeness (QED) is 0.762. The number of nitrogens with zero attached hydrogens (tertiary/aromatic N) is 5. The number of rotatable bonds is 2. The van der Waals surface area contributed by atoms with Gasteiger partial charge in [0.15, 0.2) is 11.4 Å². The predicted octanol–water partition coefficient (Wildman–Crippen LogP) is 0.639. The summed E-state index contributed by atoms with van der Waals surface area (Å²) in [6, 6.07) is 3.75. The number of aromatic nitrogens is 2. The molecule has 6 heteroatoms. The fraction of sp³-hybridized carbons (Fsp3) is 0.500. The fourth-order valence-corrected chi connectivity index (χ4v) is 2.09. The Morgan fingerprint density at radius 3 is 2.61 bits per heavy atom. The van der Waals surface area contributed by atoms with E-state index in [-0.39, 0.29) is 23.8 Å². The molecule has 2 rings (SSSR count). The molecule has 0 spiro atoms. The van der Waals surface area contributed by atoms with Crippen LogP contribution in [0, 0.1) is 22.7 Å². The Morgan fingerprint density at radius 1 is 1.28 bits per heavy atom. The lowest BCUT2D eigenvalue weighted by atomic mass is 10.1. The molecule has 0 N–H and O–H groups in total. The van der Waals surface area contributed by atoms with Gasteiger partial charge in [0.2, 0.25) is 5.91 Å². The minimum Gasteiger partial charge on any atom is -0.341 e. The van der Waals surface area contributed by atoms with Gasteiger partial charge in [0.25, 0.3) is 0 Å². The summed E-state index contributed by atoms with van der Waals surface area (Å²) in [6.45, 7) is 1.64. The van der Waals surface area contributed by atoms with Crippen LogP contribution in [-0.4, -0.2) is 33.4 Å². The van der Waals surface area contributed by atoms with Crippen LogP contribution in [0.5, 0.6) is 0 Å². The third-order valence-corrected chi connectivity index (χ3v) is 3.06. The molecule has 1 aliphatic rings. The van der Waals surface area contributed by atoms with Crippen LogP contribution in [0.1, 0.15) is 30.7 Å². The number of piperidine rings is 1. The molecule has 0 radical (unpaired) electrons. The molecule has 0 unspecified atom stereocenters. The monoisotopic (exact) mass is 243 g/mol. The molecule has 0 aromatic carbocycles. The summed E-state index contributed by atoms with van der Waals surface area (Å²) in [7, 11) is 0. The van der Waals surface area contributed by atoms with E-state index >= 15 is 0 Å². The summed E-state index contributed by atoms with van der Waals surface area (Å²) in [5, 5.41) is 17.7. The maximum absolute atomic E-state index is 12.0. The first-order chi connectivity index (χ1) is 8.76. The summed E-state index contributed by atoms with van der Waals surface area (Å²) in [5.41, 5.74) is 0.229. The number of carbonyl (C=O) groups is 1. The Labute approximate surface area is 105 Å². The van der Waals surface area contributed by atoms with Gasteiger partial charge in [-0.3, -0.25) is 4.79 Å². The molecule has 6 nitrogen and oxygen atoms in total. The molecule has 18 heavy (non-hydrogen) atoms. The van der Waals surface area contributed by atoms with Crippen LogP contribution in [0.2, 0.25) is 0 Å². The molecule has 2 heterocycles. The molecule has 0 saturated carbocycles. The smallest absolute Gasteiger partial charge is 0.242 e. The van der Waals surface area contributed by atoms with Gasteiger partial charge in [0.05, 0.1) is 6.33 Å². The first-order valence-corrected chi connectivity index (χ1v) is 5.89. The minimum absolute atomic E-state index is 0.0203. The van der Waals surface area contributed by atoms with Crippen LogP contribution in [-0.2, 0) is 11.3 Å². The van der Waals surface area contributed by atoms with E-state index in [4.69, 9.17) is 10.5 Å². The van der Waals surface area contributed by atoms with Crippen LogP contribution < -0.4 is 0 Å². The highest BCUT2D eigenvalue weighted by Gasteiger charge is 2.19. The lowest BCUT2D eigenvalue weighted by molar-refractivity contribution is -0.132. The van der Waals surface area contributed by atoms with E-state index in [0.29, 0.717) is 0 Å². The summed E-state index contributed by atoms with van der Waals surface area (Å²) >= 11 is 0. The van der Waals surface area contributed by atoms with Crippen molar-refractivity contribution in [2.24, 2.45) is 0 Å². The normalized spacial score (nSPS) is 14.9. The van der Waals surface area contributed by atoms with Crippen molar-refractivity contribution in [1.29, 1.82) is 10.5 Å². The van der Waals surface area contributed by atoms with Crippen LogP contribution >= 0.6 is 0 Å². The molecule has 1 fully saturated rings. The molecule has 1 aromatic heterocycles. The van der Waals surface area contributed by atoms with E-state index in [0.717, 1.165) is 32.4 Å². The van der Waals surface area contributed by atoms with E-state index < -0.39 is 0 Å². The second-order valence-corrected chi connectivity index (χ2v) is 4.23. The van der Waals surface area contributed by atoms with Crippen LogP contribution in [0.25, 0.3) is 0 Å². The Morgan fingerprint density at radius 2 is 2.00 bits per heavy atom.